The Hall–Kier alpha value is -1.32. The largest absolute Gasteiger partial charge is 0.466 e. The summed E-state index contributed by atoms with van der Waals surface area (Å²) in [5.74, 6) is -0.0346. The zero-order chi connectivity index (χ0) is 25.0. The van der Waals surface area contributed by atoms with Crippen LogP contribution in [0.1, 0.15) is 155 Å². The molecule has 0 aliphatic rings. The van der Waals surface area contributed by atoms with Gasteiger partial charge in [0.15, 0.2) is 0 Å². The first-order valence-electron chi connectivity index (χ1n) is 14.7. The number of allylic oxidation sites excluding steroid dienone is 2. The summed E-state index contributed by atoms with van der Waals surface area (Å²) in [5, 5.41) is 0. The number of carbonyl (C=O) groups excluding carboxylic acids is 2. The maximum Gasteiger partial charge on any atom is 0.305 e. The Bertz CT molecular complexity index is 430. The number of ether oxygens (including phenoxy) is 2. The number of hydrogen-bond acceptors (Lipinski definition) is 4. The smallest absolute Gasteiger partial charge is 0.305 e. The van der Waals surface area contributed by atoms with Crippen LogP contribution in [0.2, 0.25) is 0 Å². The summed E-state index contributed by atoms with van der Waals surface area (Å²) < 4.78 is 10.5. The van der Waals surface area contributed by atoms with E-state index in [0.29, 0.717) is 26.1 Å². The average Bonchev–Trinajstić information content (AvgIpc) is 2.83. The molecule has 0 spiro atoms. The standard InChI is InChI=1S/C30H56O4/c1-3-5-23-27-33-29(31)25-21-19-17-15-13-11-9-7-8-10-12-14-16-18-20-22-26-30(32)34-28-24-6-4-2/h7-8H,3-6,9-28H2,1-2H3/b8-7+. The second kappa shape index (κ2) is 27.9. The van der Waals surface area contributed by atoms with Gasteiger partial charge in [-0.3, -0.25) is 9.59 Å². The number of carbonyl (C=O) groups is 2. The minimum atomic E-state index is -0.0173. The van der Waals surface area contributed by atoms with Crippen LogP contribution in [-0.2, 0) is 19.1 Å². The molecule has 0 atom stereocenters. The van der Waals surface area contributed by atoms with Crippen LogP contribution < -0.4 is 0 Å². The molecule has 0 aromatic heterocycles. The monoisotopic (exact) mass is 480 g/mol. The topological polar surface area (TPSA) is 52.6 Å². The highest BCUT2D eigenvalue weighted by molar-refractivity contribution is 5.69. The number of hydrogen-bond donors (Lipinski definition) is 0. The van der Waals surface area contributed by atoms with Crippen LogP contribution in [0.4, 0.5) is 0 Å². The molecule has 0 saturated heterocycles. The van der Waals surface area contributed by atoms with E-state index in [1.807, 2.05) is 0 Å². The predicted molar refractivity (Wildman–Crippen MR) is 144 cm³/mol. The summed E-state index contributed by atoms with van der Waals surface area (Å²) in [6.45, 7) is 5.50. The van der Waals surface area contributed by atoms with E-state index in [1.165, 1.54) is 64.2 Å². The lowest BCUT2D eigenvalue weighted by Gasteiger charge is -2.04. The summed E-state index contributed by atoms with van der Waals surface area (Å²) in [5.41, 5.74) is 0. The lowest BCUT2D eigenvalue weighted by Crippen LogP contribution is -2.05. The Morgan fingerprint density at radius 3 is 1.21 bits per heavy atom. The van der Waals surface area contributed by atoms with Gasteiger partial charge in [0.1, 0.15) is 0 Å². The van der Waals surface area contributed by atoms with Crippen molar-refractivity contribution < 1.29 is 19.1 Å². The number of unbranched alkanes of at least 4 members (excludes halogenated alkanes) is 16. The normalized spacial score (nSPS) is 11.2. The van der Waals surface area contributed by atoms with Gasteiger partial charge in [-0.05, 0) is 51.4 Å². The van der Waals surface area contributed by atoms with Gasteiger partial charge in [-0.15, -0.1) is 0 Å². The summed E-state index contributed by atoms with van der Waals surface area (Å²) in [6.07, 6.45) is 29.2. The molecule has 0 aliphatic carbocycles. The third-order valence-corrected chi connectivity index (χ3v) is 6.19. The Morgan fingerprint density at radius 1 is 0.471 bits per heavy atom. The third-order valence-electron chi connectivity index (χ3n) is 6.19. The maximum atomic E-state index is 11.6. The molecule has 200 valence electrons. The van der Waals surface area contributed by atoms with Crippen LogP contribution in [-0.4, -0.2) is 25.2 Å². The molecular weight excluding hydrogens is 424 g/mol. The summed E-state index contributed by atoms with van der Waals surface area (Å²) in [6, 6.07) is 0. The molecule has 34 heavy (non-hydrogen) atoms. The van der Waals surface area contributed by atoms with Crippen molar-refractivity contribution in [3.63, 3.8) is 0 Å². The van der Waals surface area contributed by atoms with Crippen LogP contribution >= 0.6 is 0 Å². The second-order valence-corrected chi connectivity index (χ2v) is 9.65. The first-order chi connectivity index (χ1) is 16.7. The first-order valence-corrected chi connectivity index (χ1v) is 14.7. The van der Waals surface area contributed by atoms with Gasteiger partial charge >= 0.3 is 11.9 Å². The van der Waals surface area contributed by atoms with Crippen molar-refractivity contribution in [2.24, 2.45) is 0 Å². The predicted octanol–water partition coefficient (Wildman–Crippen LogP) is 9.25. The van der Waals surface area contributed by atoms with Crippen molar-refractivity contribution in [1.29, 1.82) is 0 Å². The van der Waals surface area contributed by atoms with E-state index >= 15 is 0 Å². The summed E-state index contributed by atoms with van der Waals surface area (Å²) >= 11 is 0. The Morgan fingerprint density at radius 2 is 0.824 bits per heavy atom. The molecule has 0 unspecified atom stereocenters. The Labute approximate surface area is 211 Å². The van der Waals surface area contributed by atoms with E-state index in [0.717, 1.165) is 64.2 Å². The molecule has 4 nitrogen and oxygen atoms in total. The van der Waals surface area contributed by atoms with E-state index in [9.17, 15) is 9.59 Å². The molecule has 0 radical (unpaired) electrons. The van der Waals surface area contributed by atoms with Crippen molar-refractivity contribution in [2.45, 2.75) is 155 Å². The van der Waals surface area contributed by atoms with Gasteiger partial charge < -0.3 is 9.47 Å². The van der Waals surface area contributed by atoms with Gasteiger partial charge in [0, 0.05) is 12.8 Å². The van der Waals surface area contributed by atoms with Gasteiger partial charge in [0.05, 0.1) is 13.2 Å². The minimum absolute atomic E-state index is 0.0173. The van der Waals surface area contributed by atoms with Gasteiger partial charge in [-0.25, -0.2) is 0 Å². The average molecular weight is 481 g/mol. The molecule has 0 aromatic carbocycles. The van der Waals surface area contributed by atoms with Crippen molar-refractivity contribution in [1.82, 2.24) is 0 Å². The van der Waals surface area contributed by atoms with Crippen molar-refractivity contribution in [3.8, 4) is 0 Å². The highest BCUT2D eigenvalue weighted by Crippen LogP contribution is 2.12. The second-order valence-electron chi connectivity index (χ2n) is 9.65. The van der Waals surface area contributed by atoms with Crippen LogP contribution in [0, 0.1) is 0 Å². The maximum absolute atomic E-state index is 11.6. The molecule has 0 rings (SSSR count). The highest BCUT2D eigenvalue weighted by Gasteiger charge is 2.03. The van der Waals surface area contributed by atoms with Gasteiger partial charge in [-0.2, -0.15) is 0 Å². The third kappa shape index (κ3) is 26.9. The molecule has 0 bridgehead atoms. The molecule has 0 saturated carbocycles. The van der Waals surface area contributed by atoms with Gasteiger partial charge in [-0.1, -0.05) is 103 Å². The molecule has 0 aromatic rings. The van der Waals surface area contributed by atoms with E-state index < -0.39 is 0 Å². The fraction of sp³-hybridized carbons (Fsp3) is 0.867. The lowest BCUT2D eigenvalue weighted by atomic mass is 10.1. The Kier molecular flexibility index (Phi) is 26.8. The molecule has 0 heterocycles. The highest BCUT2D eigenvalue weighted by atomic mass is 16.5. The van der Waals surface area contributed by atoms with Crippen LogP contribution in [0.15, 0.2) is 12.2 Å². The number of rotatable bonds is 26. The zero-order valence-corrected chi connectivity index (χ0v) is 22.8. The molecule has 4 heteroatoms. The number of esters is 2. The van der Waals surface area contributed by atoms with Gasteiger partial charge in [0.2, 0.25) is 0 Å². The fourth-order valence-electron chi connectivity index (χ4n) is 3.93. The Balaban J connectivity index is 3.23. The van der Waals surface area contributed by atoms with Crippen LogP contribution in [0.3, 0.4) is 0 Å². The summed E-state index contributed by atoms with van der Waals surface area (Å²) in [7, 11) is 0. The molecule has 0 N–H and O–H groups in total. The fourth-order valence-corrected chi connectivity index (χ4v) is 3.93. The first kappa shape index (κ1) is 32.7. The summed E-state index contributed by atoms with van der Waals surface area (Å²) in [4.78, 5) is 23.2. The van der Waals surface area contributed by atoms with Crippen molar-refractivity contribution in [3.05, 3.63) is 12.2 Å². The van der Waals surface area contributed by atoms with E-state index in [4.69, 9.17) is 9.47 Å². The quantitative estimate of drug-likeness (QED) is 0.0703. The molecule has 0 aliphatic heterocycles. The van der Waals surface area contributed by atoms with Gasteiger partial charge in [0.25, 0.3) is 0 Å². The zero-order valence-electron chi connectivity index (χ0n) is 22.8. The molecule has 0 amide bonds. The van der Waals surface area contributed by atoms with E-state index in [-0.39, 0.29) is 11.9 Å². The van der Waals surface area contributed by atoms with Crippen molar-refractivity contribution >= 4 is 11.9 Å². The SMILES string of the molecule is CCCCCOC(=O)CCCCCCCC/C=C/CCCCCCCCC(=O)OCCCCC. The molecular formula is C30H56O4. The minimum Gasteiger partial charge on any atom is -0.466 e. The molecule has 0 fully saturated rings. The van der Waals surface area contributed by atoms with Crippen molar-refractivity contribution in [2.75, 3.05) is 13.2 Å². The van der Waals surface area contributed by atoms with E-state index in [2.05, 4.69) is 26.0 Å². The van der Waals surface area contributed by atoms with Crippen LogP contribution in [0.5, 0.6) is 0 Å². The van der Waals surface area contributed by atoms with E-state index in [1.54, 1.807) is 0 Å². The van der Waals surface area contributed by atoms with Crippen LogP contribution in [0.25, 0.3) is 0 Å². The lowest BCUT2D eigenvalue weighted by molar-refractivity contribution is -0.144.